The van der Waals surface area contributed by atoms with Crippen molar-refractivity contribution in [1.82, 2.24) is 0 Å². The molecule has 2 rings (SSSR count). The molecular formula is C25H37ClINO. The van der Waals surface area contributed by atoms with Gasteiger partial charge in [0.2, 0.25) is 0 Å². The zero-order valence-electron chi connectivity index (χ0n) is 18.3. The summed E-state index contributed by atoms with van der Waals surface area (Å²) in [5.74, 6) is 0.860. The van der Waals surface area contributed by atoms with Crippen LogP contribution in [0.5, 0.6) is 5.75 Å². The normalized spacial score (nSPS) is 11.2. The van der Waals surface area contributed by atoms with E-state index in [0.717, 1.165) is 34.9 Å². The Bertz CT molecular complexity index is 684. The van der Waals surface area contributed by atoms with Crippen LogP contribution in [0, 0.1) is 0 Å². The van der Waals surface area contributed by atoms with Crippen molar-refractivity contribution in [3.8, 4) is 16.9 Å². The second-order valence-corrected chi connectivity index (χ2v) is 8.47. The summed E-state index contributed by atoms with van der Waals surface area (Å²) in [4.78, 5) is 0. The van der Waals surface area contributed by atoms with E-state index in [1.165, 1.54) is 56.2 Å². The van der Waals surface area contributed by atoms with Crippen molar-refractivity contribution < 1.29 is 33.2 Å². The molecule has 0 amide bonds. The van der Waals surface area contributed by atoms with Gasteiger partial charge in [-0.15, -0.1) is 0 Å². The van der Waals surface area contributed by atoms with Gasteiger partial charge in [0, 0.05) is 5.56 Å². The van der Waals surface area contributed by atoms with Crippen LogP contribution in [-0.2, 0) is 0 Å². The molecule has 2 nitrogen and oxygen atoms in total. The SMILES string of the molecule is CCCC[N+](C)(CCCC)CCCCOc1ccc(-c2ccccc2)c(Cl)c1.[I-]. The fourth-order valence-electron chi connectivity index (χ4n) is 3.64. The Hall–Kier alpha value is -0.780. The molecule has 2 aromatic rings. The van der Waals surface area contributed by atoms with Crippen LogP contribution in [-0.4, -0.2) is 37.8 Å². The number of rotatable bonds is 13. The summed E-state index contributed by atoms with van der Waals surface area (Å²) in [5, 5.41) is 0.743. The third kappa shape index (κ3) is 9.27. The summed E-state index contributed by atoms with van der Waals surface area (Å²) in [7, 11) is 2.42. The van der Waals surface area contributed by atoms with E-state index >= 15 is 0 Å². The summed E-state index contributed by atoms with van der Waals surface area (Å²) in [6.07, 6.45) is 7.50. The summed E-state index contributed by atoms with van der Waals surface area (Å²) >= 11 is 6.48. The maximum atomic E-state index is 6.48. The predicted molar refractivity (Wildman–Crippen MR) is 122 cm³/mol. The highest BCUT2D eigenvalue weighted by atomic mass is 127. The number of hydrogen-bond acceptors (Lipinski definition) is 1. The van der Waals surface area contributed by atoms with Gasteiger partial charge in [-0.05, 0) is 49.4 Å². The van der Waals surface area contributed by atoms with E-state index in [1.54, 1.807) is 0 Å². The van der Waals surface area contributed by atoms with Crippen LogP contribution in [0.2, 0.25) is 5.02 Å². The molecule has 0 radical (unpaired) electrons. The van der Waals surface area contributed by atoms with Crippen molar-refractivity contribution in [3.63, 3.8) is 0 Å². The number of ether oxygens (including phenoxy) is 1. The van der Waals surface area contributed by atoms with Crippen molar-refractivity contribution in [2.24, 2.45) is 0 Å². The first kappa shape index (κ1) is 26.3. The summed E-state index contributed by atoms with van der Waals surface area (Å²) in [5.41, 5.74) is 2.18. The van der Waals surface area contributed by atoms with Gasteiger partial charge >= 0.3 is 0 Å². The van der Waals surface area contributed by atoms with Crippen LogP contribution in [0.15, 0.2) is 48.5 Å². The van der Waals surface area contributed by atoms with Crippen LogP contribution in [0.4, 0.5) is 0 Å². The van der Waals surface area contributed by atoms with Gasteiger partial charge < -0.3 is 33.2 Å². The summed E-state index contributed by atoms with van der Waals surface area (Å²) in [6, 6.07) is 16.2. The number of hydrogen-bond donors (Lipinski definition) is 0. The average molecular weight is 530 g/mol. The highest BCUT2D eigenvalue weighted by molar-refractivity contribution is 6.33. The largest absolute Gasteiger partial charge is 1.00 e. The van der Waals surface area contributed by atoms with Crippen LogP contribution < -0.4 is 28.7 Å². The lowest BCUT2D eigenvalue weighted by Crippen LogP contribution is -3.00. The Morgan fingerprint density at radius 2 is 1.45 bits per heavy atom. The minimum atomic E-state index is 0. The number of halogens is 2. The van der Waals surface area contributed by atoms with Crippen molar-refractivity contribution in [3.05, 3.63) is 53.6 Å². The quantitative estimate of drug-likeness (QED) is 0.215. The summed E-state index contributed by atoms with van der Waals surface area (Å²) < 4.78 is 7.17. The van der Waals surface area contributed by atoms with Gasteiger partial charge in [0.25, 0.3) is 0 Å². The Balaban J connectivity index is 0.00000420. The van der Waals surface area contributed by atoms with Crippen LogP contribution in [0.25, 0.3) is 11.1 Å². The molecule has 0 saturated heterocycles. The van der Waals surface area contributed by atoms with E-state index < -0.39 is 0 Å². The third-order valence-corrected chi connectivity index (χ3v) is 5.80. The Labute approximate surface area is 200 Å². The van der Waals surface area contributed by atoms with E-state index in [2.05, 4.69) is 39.1 Å². The maximum absolute atomic E-state index is 6.48. The van der Waals surface area contributed by atoms with Gasteiger partial charge in [-0.25, -0.2) is 0 Å². The number of benzene rings is 2. The third-order valence-electron chi connectivity index (χ3n) is 5.49. The second-order valence-electron chi connectivity index (χ2n) is 8.06. The lowest BCUT2D eigenvalue weighted by atomic mass is 10.1. The number of nitrogens with zero attached hydrogens (tertiary/aromatic N) is 1. The first-order valence-corrected chi connectivity index (χ1v) is 11.3. The van der Waals surface area contributed by atoms with Crippen LogP contribution in [0.3, 0.4) is 0 Å². The smallest absolute Gasteiger partial charge is 0.120 e. The van der Waals surface area contributed by atoms with Gasteiger partial charge in [0.1, 0.15) is 5.75 Å². The number of quaternary nitrogens is 1. The molecule has 0 spiro atoms. The van der Waals surface area contributed by atoms with Gasteiger partial charge in [-0.3, -0.25) is 0 Å². The van der Waals surface area contributed by atoms with E-state index in [4.69, 9.17) is 16.3 Å². The highest BCUT2D eigenvalue weighted by Crippen LogP contribution is 2.31. The molecule has 0 heterocycles. The number of unbranched alkanes of at least 4 members (excludes halogenated alkanes) is 3. The van der Waals surface area contributed by atoms with E-state index in [9.17, 15) is 0 Å². The fraction of sp³-hybridized carbons (Fsp3) is 0.520. The van der Waals surface area contributed by atoms with Gasteiger partial charge in [0.15, 0.2) is 0 Å². The van der Waals surface area contributed by atoms with Crippen molar-refractivity contribution in [2.45, 2.75) is 52.4 Å². The van der Waals surface area contributed by atoms with Gasteiger partial charge in [-0.2, -0.15) is 0 Å². The van der Waals surface area contributed by atoms with E-state index in [-0.39, 0.29) is 24.0 Å². The molecule has 0 unspecified atom stereocenters. The molecule has 29 heavy (non-hydrogen) atoms. The van der Waals surface area contributed by atoms with E-state index in [1.807, 2.05) is 30.3 Å². The standard InChI is InChI=1S/C25H37ClNO.HI/c1-4-6-17-27(3,18-7-5-2)19-11-12-20-28-23-15-16-24(25(26)21-23)22-13-9-8-10-14-22;/h8-10,13-16,21H,4-7,11-12,17-20H2,1-3H3;1H/q+1;/p-1. The average Bonchev–Trinajstić information content (AvgIpc) is 2.71. The fourth-order valence-corrected chi connectivity index (χ4v) is 3.92. The Morgan fingerprint density at radius 3 is 2.03 bits per heavy atom. The Kier molecular flexibility index (Phi) is 12.9. The van der Waals surface area contributed by atoms with Crippen molar-refractivity contribution in [1.29, 1.82) is 0 Å². The van der Waals surface area contributed by atoms with Gasteiger partial charge in [0.05, 0.1) is 38.3 Å². The molecule has 0 bridgehead atoms. The lowest BCUT2D eigenvalue weighted by Gasteiger charge is -2.35. The molecule has 162 valence electrons. The zero-order valence-corrected chi connectivity index (χ0v) is 21.2. The minimum absolute atomic E-state index is 0. The van der Waals surface area contributed by atoms with Gasteiger partial charge in [-0.1, -0.05) is 68.6 Å². The molecule has 0 aliphatic heterocycles. The van der Waals surface area contributed by atoms with Crippen molar-refractivity contribution in [2.75, 3.05) is 33.3 Å². The second kappa shape index (κ2) is 14.3. The monoisotopic (exact) mass is 529 g/mol. The Morgan fingerprint density at radius 1 is 0.828 bits per heavy atom. The molecular weight excluding hydrogens is 493 g/mol. The topological polar surface area (TPSA) is 9.23 Å². The molecule has 0 atom stereocenters. The zero-order chi connectivity index (χ0) is 20.2. The molecule has 0 aromatic heterocycles. The molecule has 0 fully saturated rings. The van der Waals surface area contributed by atoms with Crippen LogP contribution >= 0.6 is 11.6 Å². The first-order chi connectivity index (χ1) is 13.6. The molecule has 2 aromatic carbocycles. The van der Waals surface area contributed by atoms with Crippen LogP contribution in [0.1, 0.15) is 52.4 Å². The molecule has 0 aliphatic carbocycles. The first-order valence-electron chi connectivity index (χ1n) is 10.9. The maximum Gasteiger partial charge on any atom is 0.120 e. The molecule has 0 N–H and O–H groups in total. The summed E-state index contributed by atoms with van der Waals surface area (Å²) in [6.45, 7) is 9.17. The van der Waals surface area contributed by atoms with E-state index in [0.29, 0.717) is 0 Å². The lowest BCUT2D eigenvalue weighted by molar-refractivity contribution is -0.910. The minimum Gasteiger partial charge on any atom is -1.00 e. The highest BCUT2D eigenvalue weighted by Gasteiger charge is 2.19. The molecule has 4 heteroatoms. The van der Waals surface area contributed by atoms with Crippen molar-refractivity contribution >= 4 is 11.6 Å². The molecule has 0 aliphatic rings. The predicted octanol–water partition coefficient (Wildman–Crippen LogP) is 4.22. The molecule has 0 saturated carbocycles.